The topological polar surface area (TPSA) is 38.7 Å². The number of benzene rings is 8. The summed E-state index contributed by atoms with van der Waals surface area (Å²) in [6.07, 6.45) is 0. The number of hydrogen-bond donors (Lipinski definition) is 0. The second-order valence-corrected chi connectivity index (χ2v) is 13.5. The average Bonchev–Trinajstić information content (AvgIpc) is 3.55. The molecule has 9 aromatic rings. The van der Waals surface area contributed by atoms with Crippen LogP contribution in [0.25, 0.3) is 67.2 Å². The zero-order valence-corrected chi connectivity index (χ0v) is 28.9. The fourth-order valence-electron chi connectivity index (χ4n) is 8.32. The van der Waals surface area contributed by atoms with Crippen molar-refractivity contribution in [3.8, 4) is 56.4 Å². The third kappa shape index (κ3) is 5.01. The second-order valence-electron chi connectivity index (χ2n) is 13.5. The lowest BCUT2D eigenvalue weighted by Crippen LogP contribution is -2.28. The minimum Gasteiger partial charge on any atom is -0.208 e. The van der Waals surface area contributed by atoms with Gasteiger partial charge in [-0.3, -0.25) is 0 Å². The monoisotopic (exact) mass is 675 g/mol. The summed E-state index contributed by atoms with van der Waals surface area (Å²) in [6.45, 7) is 0. The predicted molar refractivity (Wildman–Crippen MR) is 216 cm³/mol. The smallest absolute Gasteiger partial charge is 0.164 e. The normalized spacial score (nSPS) is 12.7. The van der Waals surface area contributed by atoms with E-state index in [0.717, 1.165) is 33.0 Å². The highest BCUT2D eigenvalue weighted by atomic mass is 15.0. The SMILES string of the molecule is c1ccc(-c2nc(-c3cccc(-c4cccc5c4-c4ccccc4C5(c4ccccc4)c4ccccc4)c3)nc(-c3cccc4ccccc34)n2)cc1. The predicted octanol–water partition coefficient (Wildman–Crippen LogP) is 12.1. The van der Waals surface area contributed by atoms with Gasteiger partial charge in [0.1, 0.15) is 0 Å². The molecule has 10 rings (SSSR count). The van der Waals surface area contributed by atoms with Gasteiger partial charge in [-0.05, 0) is 61.3 Å². The van der Waals surface area contributed by atoms with Crippen LogP contribution in [0.5, 0.6) is 0 Å². The zero-order chi connectivity index (χ0) is 35.2. The molecule has 1 heterocycles. The summed E-state index contributed by atoms with van der Waals surface area (Å²) in [5.41, 5.74) is 12.3. The van der Waals surface area contributed by atoms with Crippen molar-refractivity contribution in [3.05, 3.63) is 222 Å². The highest BCUT2D eigenvalue weighted by Gasteiger charge is 2.46. The molecule has 3 heteroatoms. The minimum absolute atomic E-state index is 0.464. The molecule has 0 aliphatic heterocycles. The first-order valence-electron chi connectivity index (χ1n) is 18.0. The Morgan fingerprint density at radius 3 is 1.58 bits per heavy atom. The molecule has 8 aromatic carbocycles. The third-order valence-corrected chi connectivity index (χ3v) is 10.6. The van der Waals surface area contributed by atoms with Crippen molar-refractivity contribution in [2.75, 3.05) is 0 Å². The molecule has 53 heavy (non-hydrogen) atoms. The van der Waals surface area contributed by atoms with Gasteiger partial charge < -0.3 is 0 Å². The van der Waals surface area contributed by atoms with Crippen molar-refractivity contribution in [1.82, 2.24) is 15.0 Å². The number of nitrogens with zero attached hydrogens (tertiary/aromatic N) is 3. The highest BCUT2D eigenvalue weighted by molar-refractivity contribution is 5.97. The molecule has 0 saturated carbocycles. The largest absolute Gasteiger partial charge is 0.208 e. The van der Waals surface area contributed by atoms with Crippen LogP contribution in [0.15, 0.2) is 200 Å². The van der Waals surface area contributed by atoms with E-state index in [1.54, 1.807) is 0 Å². The van der Waals surface area contributed by atoms with Crippen LogP contribution in [-0.4, -0.2) is 15.0 Å². The summed E-state index contributed by atoms with van der Waals surface area (Å²) in [5.74, 6) is 1.94. The highest BCUT2D eigenvalue weighted by Crippen LogP contribution is 2.58. The number of aromatic nitrogens is 3. The fraction of sp³-hybridized carbons (Fsp3) is 0.0200. The molecule has 0 spiro atoms. The van der Waals surface area contributed by atoms with Crippen LogP contribution in [0.1, 0.15) is 22.3 Å². The second kappa shape index (κ2) is 12.7. The summed E-state index contributed by atoms with van der Waals surface area (Å²) in [6, 6.07) is 71.1. The van der Waals surface area contributed by atoms with Crippen LogP contribution >= 0.6 is 0 Å². The van der Waals surface area contributed by atoms with Crippen LogP contribution in [0, 0.1) is 0 Å². The van der Waals surface area contributed by atoms with E-state index in [2.05, 4.69) is 182 Å². The van der Waals surface area contributed by atoms with Gasteiger partial charge in [-0.25, -0.2) is 15.0 Å². The minimum atomic E-state index is -0.464. The maximum Gasteiger partial charge on any atom is 0.164 e. The van der Waals surface area contributed by atoms with E-state index in [1.807, 2.05) is 18.2 Å². The van der Waals surface area contributed by atoms with E-state index in [9.17, 15) is 0 Å². The molecule has 0 atom stereocenters. The molecule has 1 aliphatic rings. The van der Waals surface area contributed by atoms with Crippen LogP contribution in [0.3, 0.4) is 0 Å². The van der Waals surface area contributed by atoms with Gasteiger partial charge in [-0.2, -0.15) is 0 Å². The Morgan fingerprint density at radius 2 is 0.811 bits per heavy atom. The van der Waals surface area contributed by atoms with Crippen molar-refractivity contribution in [2.24, 2.45) is 0 Å². The lowest BCUT2D eigenvalue weighted by atomic mass is 9.67. The lowest BCUT2D eigenvalue weighted by Gasteiger charge is -2.34. The third-order valence-electron chi connectivity index (χ3n) is 10.6. The maximum atomic E-state index is 5.17. The summed E-state index contributed by atoms with van der Waals surface area (Å²) < 4.78 is 0. The van der Waals surface area contributed by atoms with Crippen molar-refractivity contribution < 1.29 is 0 Å². The average molecular weight is 676 g/mol. The maximum absolute atomic E-state index is 5.17. The van der Waals surface area contributed by atoms with Crippen LogP contribution in [-0.2, 0) is 5.41 Å². The Balaban J connectivity index is 1.18. The number of fused-ring (bicyclic) bond motifs is 4. The van der Waals surface area contributed by atoms with E-state index >= 15 is 0 Å². The van der Waals surface area contributed by atoms with Gasteiger partial charge >= 0.3 is 0 Å². The molecule has 0 amide bonds. The first-order valence-corrected chi connectivity index (χ1v) is 18.0. The zero-order valence-electron chi connectivity index (χ0n) is 28.9. The molecular weight excluding hydrogens is 643 g/mol. The van der Waals surface area contributed by atoms with Crippen molar-refractivity contribution in [3.63, 3.8) is 0 Å². The van der Waals surface area contributed by atoms with Gasteiger partial charge in [0.15, 0.2) is 17.5 Å². The Bertz CT molecular complexity index is 2730. The molecule has 1 aromatic heterocycles. The van der Waals surface area contributed by atoms with Crippen LogP contribution in [0.4, 0.5) is 0 Å². The fourth-order valence-corrected chi connectivity index (χ4v) is 8.32. The molecule has 0 bridgehead atoms. The van der Waals surface area contributed by atoms with Gasteiger partial charge in [0.05, 0.1) is 5.41 Å². The molecular formula is C50H33N3. The van der Waals surface area contributed by atoms with Gasteiger partial charge in [0.2, 0.25) is 0 Å². The summed E-state index contributed by atoms with van der Waals surface area (Å²) >= 11 is 0. The Morgan fingerprint density at radius 1 is 0.321 bits per heavy atom. The summed E-state index contributed by atoms with van der Waals surface area (Å²) in [5, 5.41) is 2.26. The Hall–Kier alpha value is -6.97. The van der Waals surface area contributed by atoms with E-state index in [0.29, 0.717) is 17.5 Å². The Kier molecular flexibility index (Phi) is 7.36. The van der Waals surface area contributed by atoms with E-state index in [-0.39, 0.29) is 0 Å². The lowest BCUT2D eigenvalue weighted by molar-refractivity contribution is 0.768. The quantitative estimate of drug-likeness (QED) is 0.176. The van der Waals surface area contributed by atoms with Crippen molar-refractivity contribution in [2.45, 2.75) is 5.41 Å². The number of hydrogen-bond acceptors (Lipinski definition) is 3. The standard InChI is InChI=1S/C50H33N3/c1-4-18-35(19-5-1)47-51-48(53-49(52-47)42-30-15-20-34-17-10-11-27-40(34)42)37-22-14-21-36(33-37)41-29-16-32-45-46(41)43-28-12-13-31-44(43)50(45,38-23-6-2-7-24-38)39-25-8-3-9-26-39/h1-33H. The van der Waals surface area contributed by atoms with E-state index in [4.69, 9.17) is 15.0 Å². The molecule has 0 unspecified atom stereocenters. The van der Waals surface area contributed by atoms with Gasteiger partial charge in [-0.1, -0.05) is 194 Å². The van der Waals surface area contributed by atoms with E-state index < -0.39 is 5.41 Å². The van der Waals surface area contributed by atoms with Crippen LogP contribution < -0.4 is 0 Å². The van der Waals surface area contributed by atoms with Crippen molar-refractivity contribution >= 4 is 10.8 Å². The first-order chi connectivity index (χ1) is 26.3. The van der Waals surface area contributed by atoms with Gasteiger partial charge in [0, 0.05) is 16.7 Å². The van der Waals surface area contributed by atoms with Crippen LogP contribution in [0.2, 0.25) is 0 Å². The summed E-state index contributed by atoms with van der Waals surface area (Å²) in [7, 11) is 0. The summed E-state index contributed by atoms with van der Waals surface area (Å²) in [4.78, 5) is 15.3. The number of rotatable bonds is 6. The Labute approximate surface area is 309 Å². The molecule has 3 nitrogen and oxygen atoms in total. The van der Waals surface area contributed by atoms with Gasteiger partial charge in [-0.15, -0.1) is 0 Å². The van der Waals surface area contributed by atoms with Crippen molar-refractivity contribution in [1.29, 1.82) is 0 Å². The molecule has 0 saturated heterocycles. The van der Waals surface area contributed by atoms with Gasteiger partial charge in [0.25, 0.3) is 0 Å². The molecule has 248 valence electrons. The first kappa shape index (κ1) is 30.8. The van der Waals surface area contributed by atoms with E-state index in [1.165, 1.54) is 38.9 Å². The molecule has 0 N–H and O–H groups in total. The molecule has 0 fully saturated rings. The molecule has 0 radical (unpaired) electrons. The molecule has 1 aliphatic carbocycles.